The molecule has 1 nitrogen and oxygen atoms in total. The fourth-order valence-corrected chi connectivity index (χ4v) is 1.57. The Morgan fingerprint density at radius 1 is 1.56 bits per heavy atom. The van der Waals surface area contributed by atoms with Crippen molar-refractivity contribution < 1.29 is 0 Å². The molecular formula is C8H13N. The van der Waals surface area contributed by atoms with E-state index >= 15 is 0 Å². The van der Waals surface area contributed by atoms with Crippen molar-refractivity contribution in [3.05, 3.63) is 0 Å². The first-order valence-corrected chi connectivity index (χ1v) is 3.70. The van der Waals surface area contributed by atoms with Gasteiger partial charge in [-0.3, -0.25) is 0 Å². The zero-order chi connectivity index (χ0) is 6.69. The topological polar surface area (TPSA) is 23.8 Å². The minimum Gasteiger partial charge on any atom is -0.198 e. The molecule has 1 aliphatic carbocycles. The van der Waals surface area contributed by atoms with Crippen molar-refractivity contribution >= 4 is 0 Å². The van der Waals surface area contributed by atoms with Gasteiger partial charge in [0.05, 0.1) is 6.07 Å². The fourth-order valence-electron chi connectivity index (χ4n) is 1.57. The van der Waals surface area contributed by atoms with E-state index in [1.165, 1.54) is 12.8 Å². The summed E-state index contributed by atoms with van der Waals surface area (Å²) in [6.07, 6.45) is 4.63. The van der Waals surface area contributed by atoms with Crippen molar-refractivity contribution in [3.8, 4) is 6.07 Å². The average molecular weight is 123 g/mol. The van der Waals surface area contributed by atoms with Crippen LogP contribution in [0, 0.1) is 23.2 Å². The van der Waals surface area contributed by atoms with Crippen molar-refractivity contribution in [1.82, 2.24) is 0 Å². The van der Waals surface area contributed by atoms with E-state index in [9.17, 15) is 0 Å². The maximum atomic E-state index is 8.25. The van der Waals surface area contributed by atoms with Gasteiger partial charge in [-0.15, -0.1) is 0 Å². The number of nitriles is 1. The van der Waals surface area contributed by atoms with Crippen molar-refractivity contribution in [2.24, 2.45) is 11.8 Å². The molecule has 0 aliphatic heterocycles. The quantitative estimate of drug-likeness (QED) is 0.553. The van der Waals surface area contributed by atoms with Crippen LogP contribution in [0.1, 0.15) is 32.6 Å². The smallest absolute Gasteiger partial charge is 0.0621 e. The van der Waals surface area contributed by atoms with Crippen molar-refractivity contribution in [2.75, 3.05) is 0 Å². The van der Waals surface area contributed by atoms with Crippen molar-refractivity contribution in [3.63, 3.8) is 0 Å². The van der Waals surface area contributed by atoms with Gasteiger partial charge in [-0.25, -0.2) is 0 Å². The summed E-state index contributed by atoms with van der Waals surface area (Å²) in [5.74, 6) is 1.83. The molecule has 1 rings (SSSR count). The van der Waals surface area contributed by atoms with Gasteiger partial charge in [-0.1, -0.05) is 6.92 Å². The van der Waals surface area contributed by atoms with E-state index in [0.717, 1.165) is 24.7 Å². The summed E-state index contributed by atoms with van der Waals surface area (Å²) in [7, 11) is 0. The first-order chi connectivity index (χ1) is 4.33. The Balaban J connectivity index is 1.99. The van der Waals surface area contributed by atoms with Crippen molar-refractivity contribution in [2.45, 2.75) is 32.6 Å². The van der Waals surface area contributed by atoms with Crippen LogP contribution in [0.4, 0.5) is 0 Å². The zero-order valence-electron chi connectivity index (χ0n) is 5.93. The highest BCUT2D eigenvalue weighted by Crippen LogP contribution is 2.35. The Hall–Kier alpha value is -0.510. The second-order valence-electron chi connectivity index (χ2n) is 3.14. The van der Waals surface area contributed by atoms with E-state index in [0.29, 0.717) is 0 Å². The molecule has 0 amide bonds. The molecule has 0 heterocycles. The first-order valence-electron chi connectivity index (χ1n) is 3.70. The molecule has 0 aromatic rings. The molecule has 0 spiro atoms. The van der Waals surface area contributed by atoms with Crippen LogP contribution in [0.3, 0.4) is 0 Å². The Morgan fingerprint density at radius 3 is 2.67 bits per heavy atom. The lowest BCUT2D eigenvalue weighted by Crippen LogP contribution is -2.20. The molecule has 1 fully saturated rings. The number of hydrogen-bond donors (Lipinski definition) is 0. The highest BCUT2D eigenvalue weighted by atomic mass is 14.3. The van der Waals surface area contributed by atoms with Gasteiger partial charge in [0.2, 0.25) is 0 Å². The standard InChI is InChI=1S/C8H13N/c1-7-5-8(6-7)3-2-4-9/h7-8H,2-3,5-6H2,1H3. The molecule has 0 saturated heterocycles. The molecule has 1 aliphatic rings. The Morgan fingerprint density at radius 2 is 2.22 bits per heavy atom. The molecule has 0 unspecified atom stereocenters. The number of hydrogen-bond acceptors (Lipinski definition) is 1. The molecule has 0 N–H and O–H groups in total. The minimum atomic E-state index is 0.761. The van der Waals surface area contributed by atoms with Gasteiger partial charge in [0.15, 0.2) is 0 Å². The average Bonchev–Trinajstić information content (AvgIpc) is 1.78. The summed E-state index contributed by atoms with van der Waals surface area (Å²) in [5.41, 5.74) is 0. The molecule has 1 saturated carbocycles. The zero-order valence-corrected chi connectivity index (χ0v) is 5.93. The molecule has 1 heteroatoms. The molecule has 0 aromatic heterocycles. The summed E-state index contributed by atoms with van der Waals surface area (Å²) in [6, 6.07) is 2.18. The van der Waals surface area contributed by atoms with Gasteiger partial charge in [0.1, 0.15) is 0 Å². The number of rotatable bonds is 2. The molecular weight excluding hydrogens is 110 g/mol. The minimum absolute atomic E-state index is 0.761. The molecule has 50 valence electrons. The summed E-state index contributed by atoms with van der Waals surface area (Å²) >= 11 is 0. The van der Waals surface area contributed by atoms with Crippen LogP contribution >= 0.6 is 0 Å². The van der Waals surface area contributed by atoms with E-state index in [1.54, 1.807) is 0 Å². The lowest BCUT2D eigenvalue weighted by Gasteiger charge is -2.31. The molecule has 0 radical (unpaired) electrons. The summed E-state index contributed by atoms with van der Waals surface area (Å²) < 4.78 is 0. The van der Waals surface area contributed by atoms with Crippen LogP contribution in [0.15, 0.2) is 0 Å². The highest BCUT2D eigenvalue weighted by Gasteiger charge is 2.24. The third-order valence-corrected chi connectivity index (χ3v) is 2.14. The maximum Gasteiger partial charge on any atom is 0.0621 e. The second kappa shape index (κ2) is 2.87. The summed E-state index contributed by atoms with van der Waals surface area (Å²) in [5, 5.41) is 8.25. The van der Waals surface area contributed by atoms with Crippen LogP contribution in [0.25, 0.3) is 0 Å². The lowest BCUT2D eigenvalue weighted by molar-refractivity contribution is 0.201. The van der Waals surface area contributed by atoms with Crippen molar-refractivity contribution in [1.29, 1.82) is 5.26 Å². The summed E-state index contributed by atoms with van der Waals surface area (Å²) in [4.78, 5) is 0. The third kappa shape index (κ3) is 1.71. The first kappa shape index (κ1) is 6.61. The van der Waals surface area contributed by atoms with Gasteiger partial charge in [0, 0.05) is 6.42 Å². The predicted octanol–water partition coefficient (Wildman–Crippen LogP) is 2.34. The van der Waals surface area contributed by atoms with Gasteiger partial charge in [-0.2, -0.15) is 5.26 Å². The molecule has 9 heavy (non-hydrogen) atoms. The monoisotopic (exact) mass is 123 g/mol. The fraction of sp³-hybridized carbons (Fsp3) is 0.875. The largest absolute Gasteiger partial charge is 0.198 e. The van der Waals surface area contributed by atoms with E-state index in [-0.39, 0.29) is 0 Å². The van der Waals surface area contributed by atoms with Crippen LogP contribution < -0.4 is 0 Å². The van der Waals surface area contributed by atoms with E-state index in [1.807, 2.05) is 0 Å². The Bertz CT molecular complexity index is 117. The van der Waals surface area contributed by atoms with E-state index in [2.05, 4.69) is 13.0 Å². The Kier molecular flexibility index (Phi) is 2.10. The van der Waals surface area contributed by atoms with Gasteiger partial charge < -0.3 is 0 Å². The normalized spacial score (nSPS) is 32.9. The molecule has 0 atom stereocenters. The van der Waals surface area contributed by atoms with Crippen LogP contribution in [0.2, 0.25) is 0 Å². The second-order valence-corrected chi connectivity index (χ2v) is 3.14. The molecule has 0 aromatic carbocycles. The lowest BCUT2D eigenvalue weighted by atomic mass is 9.74. The van der Waals surface area contributed by atoms with Gasteiger partial charge in [0.25, 0.3) is 0 Å². The van der Waals surface area contributed by atoms with Crippen LogP contribution in [-0.4, -0.2) is 0 Å². The maximum absolute atomic E-state index is 8.25. The van der Waals surface area contributed by atoms with E-state index < -0.39 is 0 Å². The van der Waals surface area contributed by atoms with Crippen LogP contribution in [-0.2, 0) is 0 Å². The molecule has 0 bridgehead atoms. The predicted molar refractivity (Wildman–Crippen MR) is 36.7 cm³/mol. The SMILES string of the molecule is CC1CC(CCC#N)C1. The van der Waals surface area contributed by atoms with Crippen LogP contribution in [0.5, 0.6) is 0 Å². The third-order valence-electron chi connectivity index (χ3n) is 2.14. The van der Waals surface area contributed by atoms with E-state index in [4.69, 9.17) is 5.26 Å². The van der Waals surface area contributed by atoms with Gasteiger partial charge in [-0.05, 0) is 31.1 Å². The van der Waals surface area contributed by atoms with Gasteiger partial charge >= 0.3 is 0 Å². The Labute approximate surface area is 56.7 Å². The summed E-state index contributed by atoms with van der Waals surface area (Å²) in [6.45, 7) is 2.28. The number of nitrogens with zero attached hydrogens (tertiary/aromatic N) is 1. The highest BCUT2D eigenvalue weighted by molar-refractivity contribution is 4.80.